The zero-order valence-electron chi connectivity index (χ0n) is 31.4. The number of anilines is 2. The molecule has 2 aliphatic rings. The number of aromatic nitrogens is 1. The predicted octanol–water partition coefficient (Wildman–Crippen LogP) is 6.38. The first-order chi connectivity index (χ1) is 27.5. The lowest BCUT2D eigenvalue weighted by Crippen LogP contribution is -2.66. The van der Waals surface area contributed by atoms with Crippen molar-refractivity contribution in [2.75, 3.05) is 24.1 Å². The van der Waals surface area contributed by atoms with E-state index in [2.05, 4.69) is 15.6 Å². The van der Waals surface area contributed by atoms with Crippen molar-refractivity contribution in [2.24, 2.45) is 0 Å². The van der Waals surface area contributed by atoms with Gasteiger partial charge in [0.05, 0.1) is 23.3 Å². The second kappa shape index (κ2) is 15.6. The number of hydrogen-bond donors (Lipinski definition) is 3. The van der Waals surface area contributed by atoms with Crippen LogP contribution in [0.2, 0.25) is 0 Å². The van der Waals surface area contributed by atoms with E-state index in [1.165, 1.54) is 28.5 Å². The van der Waals surface area contributed by atoms with Crippen molar-refractivity contribution in [3.05, 3.63) is 137 Å². The first-order valence-electron chi connectivity index (χ1n) is 18.7. The van der Waals surface area contributed by atoms with Crippen molar-refractivity contribution in [2.45, 2.75) is 51.6 Å². The molecule has 12 nitrogen and oxygen atoms in total. The number of para-hydroxylation sites is 1. The molecule has 0 spiro atoms. The zero-order chi connectivity index (χ0) is 39.8. The van der Waals surface area contributed by atoms with E-state index in [0.717, 1.165) is 37.7 Å². The van der Waals surface area contributed by atoms with Crippen molar-refractivity contribution in [1.82, 2.24) is 30.1 Å². The number of nitrogens with zero attached hydrogens (tertiary/aromatic N) is 5. The van der Waals surface area contributed by atoms with Crippen LogP contribution in [0.25, 0.3) is 21.0 Å². The summed E-state index contributed by atoms with van der Waals surface area (Å²) in [4.78, 5) is 63.7. The summed E-state index contributed by atoms with van der Waals surface area (Å²) in [5.41, 5.74) is 10.3. The molecule has 2 saturated heterocycles. The number of urea groups is 1. The van der Waals surface area contributed by atoms with Crippen molar-refractivity contribution in [3.8, 4) is 0 Å². The lowest BCUT2D eigenvalue weighted by molar-refractivity contribution is -0.158. The summed E-state index contributed by atoms with van der Waals surface area (Å²) in [7, 11) is 0. The quantitative estimate of drug-likeness (QED) is 0.146. The summed E-state index contributed by atoms with van der Waals surface area (Å²) in [5, 5.41) is 11.4. The zero-order valence-corrected chi connectivity index (χ0v) is 32.2. The summed E-state index contributed by atoms with van der Waals surface area (Å²) >= 11 is 1.37. The van der Waals surface area contributed by atoms with Crippen LogP contribution in [0, 0.1) is 5.82 Å². The smallest absolute Gasteiger partial charge is 0.332 e. The Morgan fingerprint density at radius 3 is 2.42 bits per heavy atom. The van der Waals surface area contributed by atoms with Crippen LogP contribution in [-0.2, 0) is 29.1 Å². The number of rotatable bonds is 10. The minimum Gasteiger partial charge on any atom is -0.375 e. The lowest BCUT2D eigenvalue weighted by Gasteiger charge is -2.47. The predicted molar refractivity (Wildman–Crippen MR) is 218 cm³/mol. The van der Waals surface area contributed by atoms with Gasteiger partial charge in [0.25, 0.3) is 5.91 Å². The highest BCUT2D eigenvalue weighted by Crippen LogP contribution is 2.33. The van der Waals surface area contributed by atoms with E-state index in [1.54, 1.807) is 45.1 Å². The third-order valence-electron chi connectivity index (χ3n) is 10.5. The summed E-state index contributed by atoms with van der Waals surface area (Å²) in [5.74, 6) is -1.11. The van der Waals surface area contributed by atoms with Crippen LogP contribution in [-0.4, -0.2) is 79.9 Å². The molecule has 8 rings (SSSR count). The van der Waals surface area contributed by atoms with Gasteiger partial charge < -0.3 is 26.2 Å². The first-order valence-corrected chi connectivity index (χ1v) is 19.6. The minimum absolute atomic E-state index is 0.109. The first kappa shape index (κ1) is 37.5. The van der Waals surface area contributed by atoms with Crippen molar-refractivity contribution in [1.29, 1.82) is 0 Å². The van der Waals surface area contributed by atoms with E-state index in [9.17, 15) is 23.6 Å². The maximum Gasteiger partial charge on any atom is 0.332 e. The van der Waals surface area contributed by atoms with Gasteiger partial charge in [-0.2, -0.15) is 5.01 Å². The molecule has 1 aromatic heterocycles. The number of nitrogens with two attached hydrogens (primary N) is 1. The fourth-order valence-electron chi connectivity index (χ4n) is 7.80. The number of benzene rings is 5. The van der Waals surface area contributed by atoms with E-state index >= 15 is 0 Å². The molecule has 0 bridgehead atoms. The number of amides is 5. The molecule has 290 valence electrons. The number of thiazole rings is 1. The number of piperazine rings is 1. The second-order valence-corrected chi connectivity index (χ2v) is 15.6. The number of halogens is 1. The standard InChI is InChI=1S/C43H41FN8O4S/c1-26(2)52(43(56)46-22-28-13-17-31(44)18-14-28)50-25-38(53)51-35(41(55)49(24-37(50)51)23-30-9-6-12-36-39(30)48-42(45)57-36)21-27-15-19-32(20-16-27)47-40(54)34-11-5-8-29-7-3-4-10-33(29)34/h3-20,26,35,37H,21-25H2,1-2H3,(H2,45,48)(H,46,56)(H,47,54)/t35-,37+/m0/s1. The number of nitrogens with one attached hydrogen (secondary N) is 2. The fourth-order valence-corrected chi connectivity index (χ4v) is 8.58. The Kier molecular flexibility index (Phi) is 10.3. The monoisotopic (exact) mass is 784 g/mol. The number of fused-ring (bicyclic) bond motifs is 3. The molecule has 2 atom stereocenters. The highest BCUT2D eigenvalue weighted by atomic mass is 32.1. The van der Waals surface area contributed by atoms with Gasteiger partial charge >= 0.3 is 6.03 Å². The highest BCUT2D eigenvalue weighted by Gasteiger charge is 2.52. The van der Waals surface area contributed by atoms with E-state index < -0.39 is 18.2 Å². The SMILES string of the molecule is CC(C)N(C(=O)NCc1ccc(F)cc1)N1CC(=O)N2[C@@H](Cc3ccc(NC(=O)c4cccc5ccccc45)cc3)C(=O)N(Cc3cccc4sc(N)nc34)C[C@@H]21. The Hall–Kier alpha value is -6.38. The van der Waals surface area contributed by atoms with Crippen LogP contribution in [0.15, 0.2) is 109 Å². The van der Waals surface area contributed by atoms with Gasteiger partial charge in [0.2, 0.25) is 11.8 Å². The molecule has 57 heavy (non-hydrogen) atoms. The van der Waals surface area contributed by atoms with Crippen LogP contribution in [0.5, 0.6) is 0 Å². The summed E-state index contributed by atoms with van der Waals surface area (Å²) in [6, 6.07) is 30.6. The fraction of sp³-hybridized carbons (Fsp3) is 0.233. The summed E-state index contributed by atoms with van der Waals surface area (Å²) in [6.45, 7) is 4.14. The summed E-state index contributed by atoms with van der Waals surface area (Å²) in [6.07, 6.45) is -0.451. The highest BCUT2D eigenvalue weighted by molar-refractivity contribution is 7.22. The Morgan fingerprint density at radius 2 is 1.65 bits per heavy atom. The molecule has 4 N–H and O–H groups in total. The molecule has 0 radical (unpaired) electrons. The van der Waals surface area contributed by atoms with E-state index in [0.29, 0.717) is 16.4 Å². The van der Waals surface area contributed by atoms with Gasteiger partial charge in [0.15, 0.2) is 5.13 Å². The van der Waals surface area contributed by atoms with Crippen molar-refractivity contribution in [3.63, 3.8) is 0 Å². The van der Waals surface area contributed by atoms with Gasteiger partial charge in [-0.05, 0) is 77.7 Å². The normalized spacial score (nSPS) is 17.1. The largest absolute Gasteiger partial charge is 0.375 e. The van der Waals surface area contributed by atoms with Gasteiger partial charge in [-0.1, -0.05) is 84.1 Å². The number of nitrogen functional groups attached to an aromatic ring is 1. The third kappa shape index (κ3) is 7.61. The van der Waals surface area contributed by atoms with Crippen LogP contribution >= 0.6 is 11.3 Å². The van der Waals surface area contributed by atoms with Crippen LogP contribution in [0.3, 0.4) is 0 Å². The lowest BCUT2D eigenvalue weighted by atomic mass is 9.99. The molecule has 3 heterocycles. The van der Waals surface area contributed by atoms with Crippen molar-refractivity contribution < 1.29 is 23.6 Å². The maximum atomic E-state index is 14.6. The van der Waals surface area contributed by atoms with Crippen molar-refractivity contribution >= 4 is 66.9 Å². The van der Waals surface area contributed by atoms with Gasteiger partial charge in [-0.25, -0.2) is 14.2 Å². The van der Waals surface area contributed by atoms with E-state index in [1.807, 2.05) is 80.6 Å². The Bertz CT molecular complexity index is 2490. The summed E-state index contributed by atoms with van der Waals surface area (Å²) < 4.78 is 14.4. The third-order valence-corrected chi connectivity index (χ3v) is 11.3. The molecule has 14 heteroatoms. The van der Waals surface area contributed by atoms with Gasteiger partial charge in [0.1, 0.15) is 18.0 Å². The Labute approximate surface area is 332 Å². The molecule has 2 aliphatic heterocycles. The molecule has 0 unspecified atom stereocenters. The number of carbonyl (C=O) groups excluding carboxylic acids is 4. The van der Waals surface area contributed by atoms with Crippen LogP contribution < -0.4 is 16.4 Å². The maximum absolute atomic E-state index is 14.6. The van der Waals surface area contributed by atoms with Crippen LogP contribution in [0.4, 0.5) is 20.0 Å². The Balaban J connectivity index is 1.06. The van der Waals surface area contributed by atoms with Crippen LogP contribution in [0.1, 0.15) is 40.9 Å². The van der Waals surface area contributed by atoms with Gasteiger partial charge in [-0.15, -0.1) is 0 Å². The number of hydrogen-bond acceptors (Lipinski definition) is 8. The molecular formula is C43H41FN8O4S. The molecule has 6 aromatic rings. The average molecular weight is 785 g/mol. The molecular weight excluding hydrogens is 744 g/mol. The molecule has 0 saturated carbocycles. The Morgan fingerprint density at radius 1 is 0.930 bits per heavy atom. The molecule has 5 amide bonds. The second-order valence-electron chi connectivity index (χ2n) is 14.5. The number of carbonyl (C=O) groups is 4. The molecule has 5 aromatic carbocycles. The van der Waals surface area contributed by atoms with Gasteiger partial charge in [-0.3, -0.25) is 19.4 Å². The average Bonchev–Trinajstić information content (AvgIpc) is 3.75. The molecule has 0 aliphatic carbocycles. The minimum atomic E-state index is -0.881. The van der Waals surface area contributed by atoms with E-state index in [-0.39, 0.29) is 62.2 Å². The van der Waals surface area contributed by atoms with E-state index in [4.69, 9.17) is 5.73 Å². The van der Waals surface area contributed by atoms with Gasteiger partial charge in [0, 0.05) is 36.8 Å². The topological polar surface area (TPSA) is 144 Å². The number of hydrazine groups is 1. The molecule has 2 fully saturated rings.